The average Bonchev–Trinajstić information content (AvgIpc) is 3.72. The normalized spacial score (nSPS) is 15.6. The second-order valence-corrected chi connectivity index (χ2v) is 9.67. The van der Waals surface area contributed by atoms with Gasteiger partial charge in [0.1, 0.15) is 12.4 Å². The third-order valence-corrected chi connectivity index (χ3v) is 6.95. The van der Waals surface area contributed by atoms with E-state index in [4.69, 9.17) is 11.6 Å². The van der Waals surface area contributed by atoms with Gasteiger partial charge in [-0.3, -0.25) is 9.59 Å². The van der Waals surface area contributed by atoms with Gasteiger partial charge in [-0.15, -0.1) is 10.2 Å². The van der Waals surface area contributed by atoms with Gasteiger partial charge in [-0.25, -0.2) is 4.39 Å². The van der Waals surface area contributed by atoms with Crippen LogP contribution in [0.25, 0.3) is 11.3 Å². The molecule has 3 aromatic rings. The van der Waals surface area contributed by atoms with Gasteiger partial charge in [0.25, 0.3) is 5.91 Å². The Morgan fingerprint density at radius 3 is 2.42 bits per heavy atom. The van der Waals surface area contributed by atoms with Crippen molar-refractivity contribution in [2.24, 2.45) is 5.92 Å². The van der Waals surface area contributed by atoms with Crippen molar-refractivity contribution in [2.75, 3.05) is 44.2 Å². The van der Waals surface area contributed by atoms with Crippen molar-refractivity contribution >= 4 is 29.2 Å². The van der Waals surface area contributed by atoms with E-state index in [-0.39, 0.29) is 23.9 Å². The number of carbonyl (C=O) groups is 2. The topological polar surface area (TPSA) is 69.6 Å². The minimum absolute atomic E-state index is 0.00180. The van der Waals surface area contributed by atoms with Crippen molar-refractivity contribution in [3.05, 3.63) is 77.1 Å². The van der Waals surface area contributed by atoms with E-state index >= 15 is 0 Å². The highest BCUT2D eigenvalue weighted by Gasteiger charge is 2.31. The molecule has 9 heteroatoms. The number of piperazine rings is 1. The molecule has 0 N–H and O–H groups in total. The highest BCUT2D eigenvalue weighted by molar-refractivity contribution is 6.33. The number of rotatable bonds is 7. The Hall–Kier alpha value is -3.52. The van der Waals surface area contributed by atoms with E-state index in [0.29, 0.717) is 49.4 Å². The van der Waals surface area contributed by atoms with Gasteiger partial charge in [-0.05, 0) is 55.2 Å². The van der Waals surface area contributed by atoms with Crippen molar-refractivity contribution in [2.45, 2.75) is 12.8 Å². The molecular weight excluding hydrogens is 481 g/mol. The molecule has 2 aromatic carbocycles. The van der Waals surface area contributed by atoms with E-state index < -0.39 is 5.82 Å². The molecule has 1 saturated heterocycles. The van der Waals surface area contributed by atoms with Crippen LogP contribution in [-0.2, 0) is 4.79 Å². The molecule has 0 atom stereocenters. The van der Waals surface area contributed by atoms with Gasteiger partial charge >= 0.3 is 0 Å². The minimum atomic E-state index is -0.460. The highest BCUT2D eigenvalue weighted by atomic mass is 35.5. The van der Waals surface area contributed by atoms with E-state index in [9.17, 15) is 14.0 Å². The second kappa shape index (κ2) is 10.6. The summed E-state index contributed by atoms with van der Waals surface area (Å²) in [6.45, 7) is 2.81. The zero-order valence-electron chi connectivity index (χ0n) is 19.8. The minimum Gasteiger partial charge on any atom is -0.352 e. The number of hydrogen-bond donors (Lipinski definition) is 0. The molecule has 1 saturated carbocycles. The van der Waals surface area contributed by atoms with E-state index in [1.165, 1.54) is 18.2 Å². The molecule has 5 rings (SSSR count). The Labute approximate surface area is 214 Å². The number of anilines is 1. The molecule has 2 heterocycles. The zero-order valence-corrected chi connectivity index (χ0v) is 20.6. The lowest BCUT2D eigenvalue weighted by Crippen LogP contribution is -2.52. The molecule has 0 radical (unpaired) electrons. The lowest BCUT2D eigenvalue weighted by molar-refractivity contribution is -0.132. The molecule has 0 unspecified atom stereocenters. The summed E-state index contributed by atoms with van der Waals surface area (Å²) in [4.78, 5) is 31.6. The number of carbonyl (C=O) groups excluding carboxylic acids is 2. The first-order valence-corrected chi connectivity index (χ1v) is 12.5. The first-order chi connectivity index (χ1) is 17.5. The first kappa shape index (κ1) is 24.2. The predicted octanol–water partition coefficient (Wildman–Crippen LogP) is 4.14. The Balaban J connectivity index is 1.19. The SMILES string of the molecule is O=C(CN(CC1CC1)C(=O)c1cccc(F)c1)N1CCN(c2ccc(-c3ccccc3Cl)nn2)CC1. The smallest absolute Gasteiger partial charge is 0.254 e. The van der Waals surface area contributed by atoms with Crippen LogP contribution in [0.3, 0.4) is 0 Å². The van der Waals surface area contributed by atoms with E-state index in [0.717, 1.165) is 24.2 Å². The average molecular weight is 508 g/mol. The Bertz CT molecular complexity index is 1240. The Morgan fingerprint density at radius 2 is 1.75 bits per heavy atom. The van der Waals surface area contributed by atoms with Crippen LogP contribution in [0, 0.1) is 11.7 Å². The molecule has 1 aliphatic carbocycles. The fourth-order valence-electron chi connectivity index (χ4n) is 4.39. The van der Waals surface area contributed by atoms with Crippen LogP contribution in [-0.4, -0.2) is 71.1 Å². The van der Waals surface area contributed by atoms with Crippen molar-refractivity contribution in [1.82, 2.24) is 20.0 Å². The van der Waals surface area contributed by atoms with Gasteiger partial charge in [0.15, 0.2) is 5.82 Å². The van der Waals surface area contributed by atoms with Crippen LogP contribution >= 0.6 is 11.6 Å². The monoisotopic (exact) mass is 507 g/mol. The van der Waals surface area contributed by atoms with E-state index in [1.807, 2.05) is 36.4 Å². The summed E-state index contributed by atoms with van der Waals surface area (Å²) >= 11 is 6.26. The fraction of sp³-hybridized carbons (Fsp3) is 0.333. The zero-order chi connectivity index (χ0) is 25.1. The van der Waals surface area contributed by atoms with Crippen LogP contribution in [0.15, 0.2) is 60.7 Å². The van der Waals surface area contributed by atoms with Crippen molar-refractivity contribution in [3.8, 4) is 11.3 Å². The third-order valence-electron chi connectivity index (χ3n) is 6.62. The Kier molecular flexibility index (Phi) is 7.13. The lowest BCUT2D eigenvalue weighted by Gasteiger charge is -2.36. The maximum absolute atomic E-state index is 13.7. The largest absolute Gasteiger partial charge is 0.352 e. The molecule has 186 valence electrons. The molecule has 0 bridgehead atoms. The van der Waals surface area contributed by atoms with Gasteiger partial charge in [0.05, 0.1) is 10.7 Å². The number of hydrogen-bond acceptors (Lipinski definition) is 5. The van der Waals surface area contributed by atoms with Gasteiger partial charge in [0, 0.05) is 43.9 Å². The molecule has 0 spiro atoms. The fourth-order valence-corrected chi connectivity index (χ4v) is 4.62. The number of nitrogens with zero attached hydrogens (tertiary/aromatic N) is 5. The summed E-state index contributed by atoms with van der Waals surface area (Å²) in [5.41, 5.74) is 1.81. The number of aromatic nitrogens is 2. The molecule has 36 heavy (non-hydrogen) atoms. The van der Waals surface area contributed by atoms with Crippen LogP contribution in [0.2, 0.25) is 5.02 Å². The third kappa shape index (κ3) is 5.65. The molecule has 1 aliphatic heterocycles. The van der Waals surface area contributed by atoms with E-state index in [1.54, 1.807) is 15.9 Å². The lowest BCUT2D eigenvalue weighted by atomic mass is 10.1. The van der Waals surface area contributed by atoms with Crippen LogP contribution in [0.1, 0.15) is 23.2 Å². The van der Waals surface area contributed by atoms with Gasteiger partial charge in [0.2, 0.25) is 5.91 Å². The maximum atomic E-state index is 13.7. The summed E-state index contributed by atoms with van der Waals surface area (Å²) in [6, 6.07) is 17.0. The molecule has 2 aliphatic rings. The van der Waals surface area contributed by atoms with Crippen LogP contribution < -0.4 is 4.90 Å². The van der Waals surface area contributed by atoms with Crippen molar-refractivity contribution in [3.63, 3.8) is 0 Å². The summed E-state index contributed by atoms with van der Waals surface area (Å²) in [7, 11) is 0. The van der Waals surface area contributed by atoms with Crippen molar-refractivity contribution in [1.29, 1.82) is 0 Å². The van der Waals surface area contributed by atoms with E-state index in [2.05, 4.69) is 15.1 Å². The molecule has 1 aromatic heterocycles. The van der Waals surface area contributed by atoms with Crippen molar-refractivity contribution < 1.29 is 14.0 Å². The summed E-state index contributed by atoms with van der Waals surface area (Å²) in [5, 5.41) is 9.33. The summed E-state index contributed by atoms with van der Waals surface area (Å²) in [6.07, 6.45) is 2.10. The number of halogens is 2. The van der Waals surface area contributed by atoms with Gasteiger partial charge < -0.3 is 14.7 Å². The predicted molar refractivity (Wildman–Crippen MR) is 136 cm³/mol. The highest BCUT2D eigenvalue weighted by Crippen LogP contribution is 2.30. The van der Waals surface area contributed by atoms with Gasteiger partial charge in [-0.1, -0.05) is 35.9 Å². The summed E-state index contributed by atoms with van der Waals surface area (Å²) < 4.78 is 13.7. The standard InChI is InChI=1S/C27H27ClFN5O2/c28-23-7-2-1-6-22(23)24-10-11-25(31-30-24)32-12-14-33(15-13-32)26(35)18-34(17-19-8-9-19)27(36)20-4-3-5-21(29)16-20/h1-7,10-11,16,19H,8-9,12-15,17-18H2. The van der Waals surface area contributed by atoms with Crippen LogP contribution in [0.5, 0.6) is 0 Å². The first-order valence-electron chi connectivity index (χ1n) is 12.1. The molecule has 2 fully saturated rings. The quantitative estimate of drug-likeness (QED) is 0.481. The van der Waals surface area contributed by atoms with Gasteiger partial charge in [-0.2, -0.15) is 0 Å². The Morgan fingerprint density at radius 1 is 0.972 bits per heavy atom. The number of amides is 2. The molecular formula is C27H27ClFN5O2. The van der Waals surface area contributed by atoms with Crippen LogP contribution in [0.4, 0.5) is 10.2 Å². The second-order valence-electron chi connectivity index (χ2n) is 9.26. The maximum Gasteiger partial charge on any atom is 0.254 e. The summed E-state index contributed by atoms with van der Waals surface area (Å²) in [5.74, 6) is 0.300. The molecule has 7 nitrogen and oxygen atoms in total. The number of benzene rings is 2. The molecule has 2 amide bonds.